The standard InChI is InChI=1S/C10H10ClNOS/c11-8-3-1-2-4-9(8)14-10(13)12-7-5-6-7/h1-4,7H,5-6H2,(H,12,13). The van der Waals surface area contributed by atoms with Gasteiger partial charge in [0.25, 0.3) is 5.24 Å². The van der Waals surface area contributed by atoms with Gasteiger partial charge < -0.3 is 5.32 Å². The molecular formula is C10H10ClNOS. The highest BCUT2D eigenvalue weighted by Crippen LogP contribution is 2.28. The number of hydrogen-bond acceptors (Lipinski definition) is 2. The molecule has 1 aliphatic carbocycles. The van der Waals surface area contributed by atoms with Gasteiger partial charge in [-0.2, -0.15) is 0 Å². The molecule has 1 saturated carbocycles. The van der Waals surface area contributed by atoms with E-state index in [0.29, 0.717) is 11.1 Å². The second-order valence-corrected chi connectivity index (χ2v) is 4.66. The number of benzene rings is 1. The normalized spacial score (nSPS) is 15.2. The van der Waals surface area contributed by atoms with Gasteiger partial charge in [-0.3, -0.25) is 4.79 Å². The average molecular weight is 228 g/mol. The molecule has 0 spiro atoms. The molecule has 2 nitrogen and oxygen atoms in total. The summed E-state index contributed by atoms with van der Waals surface area (Å²) in [5.74, 6) is 0. The molecule has 74 valence electrons. The van der Waals surface area contributed by atoms with Crippen molar-refractivity contribution in [2.24, 2.45) is 0 Å². The van der Waals surface area contributed by atoms with Gasteiger partial charge in [0.1, 0.15) is 0 Å². The number of nitrogens with one attached hydrogen (secondary N) is 1. The van der Waals surface area contributed by atoms with Gasteiger partial charge in [0.15, 0.2) is 0 Å². The number of amides is 1. The van der Waals surface area contributed by atoms with E-state index in [2.05, 4.69) is 5.32 Å². The van der Waals surface area contributed by atoms with E-state index in [1.54, 1.807) is 6.07 Å². The van der Waals surface area contributed by atoms with Crippen LogP contribution in [0, 0.1) is 0 Å². The first-order valence-corrected chi connectivity index (χ1v) is 5.68. The number of carbonyl (C=O) groups is 1. The molecule has 1 aromatic carbocycles. The van der Waals surface area contributed by atoms with Gasteiger partial charge in [0.2, 0.25) is 0 Å². The fourth-order valence-electron chi connectivity index (χ4n) is 1.05. The largest absolute Gasteiger partial charge is 0.344 e. The van der Waals surface area contributed by atoms with Crippen LogP contribution in [0.1, 0.15) is 12.8 Å². The molecule has 0 radical (unpaired) electrons. The van der Waals surface area contributed by atoms with Crippen LogP contribution >= 0.6 is 23.4 Å². The molecule has 2 rings (SSSR count). The van der Waals surface area contributed by atoms with E-state index in [4.69, 9.17) is 11.6 Å². The second-order valence-electron chi connectivity index (χ2n) is 3.24. The molecule has 4 heteroatoms. The molecular weight excluding hydrogens is 218 g/mol. The van der Waals surface area contributed by atoms with Crippen molar-refractivity contribution in [3.05, 3.63) is 29.3 Å². The van der Waals surface area contributed by atoms with Gasteiger partial charge >= 0.3 is 0 Å². The van der Waals surface area contributed by atoms with Crippen molar-refractivity contribution in [1.29, 1.82) is 0 Å². The summed E-state index contributed by atoms with van der Waals surface area (Å²) in [6, 6.07) is 7.76. The van der Waals surface area contributed by atoms with Crippen molar-refractivity contribution in [3.63, 3.8) is 0 Å². The zero-order valence-electron chi connectivity index (χ0n) is 7.50. The molecule has 0 heterocycles. The third kappa shape index (κ3) is 2.66. The van der Waals surface area contributed by atoms with Crippen LogP contribution in [0.25, 0.3) is 0 Å². The lowest BCUT2D eigenvalue weighted by Gasteiger charge is -2.03. The zero-order chi connectivity index (χ0) is 9.97. The molecule has 1 aromatic rings. The summed E-state index contributed by atoms with van der Waals surface area (Å²) in [7, 11) is 0. The molecule has 0 unspecified atom stereocenters. The molecule has 1 N–H and O–H groups in total. The Labute approximate surface area is 92.0 Å². The van der Waals surface area contributed by atoms with E-state index in [-0.39, 0.29) is 5.24 Å². The van der Waals surface area contributed by atoms with E-state index in [1.807, 2.05) is 18.2 Å². The van der Waals surface area contributed by atoms with Crippen LogP contribution in [-0.2, 0) is 0 Å². The lowest BCUT2D eigenvalue weighted by Crippen LogP contribution is -2.20. The predicted octanol–water partition coefficient (Wildman–Crippen LogP) is 3.30. The van der Waals surface area contributed by atoms with E-state index in [0.717, 1.165) is 29.5 Å². The topological polar surface area (TPSA) is 29.1 Å². The molecule has 0 atom stereocenters. The Morgan fingerprint density at radius 2 is 2.14 bits per heavy atom. The minimum absolute atomic E-state index is 0.0133. The Balaban J connectivity index is 1.95. The van der Waals surface area contributed by atoms with Crippen molar-refractivity contribution in [1.82, 2.24) is 5.32 Å². The van der Waals surface area contributed by atoms with Gasteiger partial charge in [-0.05, 0) is 36.7 Å². The van der Waals surface area contributed by atoms with E-state index < -0.39 is 0 Å². The highest BCUT2D eigenvalue weighted by Gasteiger charge is 2.23. The van der Waals surface area contributed by atoms with Crippen LogP contribution in [0.2, 0.25) is 5.02 Å². The lowest BCUT2D eigenvalue weighted by molar-refractivity contribution is 0.260. The Kier molecular flexibility index (Phi) is 2.99. The Morgan fingerprint density at radius 1 is 1.43 bits per heavy atom. The number of thioether (sulfide) groups is 1. The predicted molar refractivity (Wildman–Crippen MR) is 58.9 cm³/mol. The molecule has 1 amide bonds. The lowest BCUT2D eigenvalue weighted by atomic mass is 10.4. The van der Waals surface area contributed by atoms with Gasteiger partial charge in [0.05, 0.1) is 5.02 Å². The molecule has 0 aromatic heterocycles. The maximum absolute atomic E-state index is 11.4. The molecule has 0 aliphatic heterocycles. The van der Waals surface area contributed by atoms with Crippen LogP contribution in [0.4, 0.5) is 4.79 Å². The Hall–Kier alpha value is -0.670. The first-order valence-electron chi connectivity index (χ1n) is 4.48. The smallest absolute Gasteiger partial charge is 0.284 e. The summed E-state index contributed by atoms with van der Waals surface area (Å²) in [4.78, 5) is 12.2. The highest BCUT2D eigenvalue weighted by atomic mass is 35.5. The zero-order valence-corrected chi connectivity index (χ0v) is 9.07. The summed E-state index contributed by atoms with van der Waals surface area (Å²) < 4.78 is 0. The third-order valence-electron chi connectivity index (χ3n) is 1.94. The monoisotopic (exact) mass is 227 g/mol. The first kappa shape index (κ1) is 9.87. The van der Waals surface area contributed by atoms with Crippen LogP contribution in [0.5, 0.6) is 0 Å². The quantitative estimate of drug-likeness (QED) is 0.786. The minimum Gasteiger partial charge on any atom is -0.344 e. The summed E-state index contributed by atoms with van der Waals surface area (Å²) in [6.07, 6.45) is 2.21. The van der Waals surface area contributed by atoms with Crippen LogP contribution in [0.3, 0.4) is 0 Å². The Bertz CT molecular complexity index is 352. The SMILES string of the molecule is O=C(NC1CC1)Sc1ccccc1Cl. The summed E-state index contributed by atoms with van der Waals surface area (Å²) >= 11 is 7.08. The molecule has 14 heavy (non-hydrogen) atoms. The van der Waals surface area contributed by atoms with Crippen LogP contribution in [0.15, 0.2) is 29.2 Å². The maximum Gasteiger partial charge on any atom is 0.284 e. The second kappa shape index (κ2) is 4.24. The molecule has 1 aliphatic rings. The van der Waals surface area contributed by atoms with Crippen LogP contribution in [-0.4, -0.2) is 11.3 Å². The van der Waals surface area contributed by atoms with E-state index >= 15 is 0 Å². The maximum atomic E-state index is 11.4. The summed E-state index contributed by atoms with van der Waals surface area (Å²) in [5, 5.41) is 3.51. The fraction of sp³-hybridized carbons (Fsp3) is 0.300. The van der Waals surface area contributed by atoms with Crippen molar-refractivity contribution < 1.29 is 4.79 Å². The minimum atomic E-state index is -0.0133. The van der Waals surface area contributed by atoms with Crippen molar-refractivity contribution in [2.75, 3.05) is 0 Å². The summed E-state index contributed by atoms with van der Waals surface area (Å²) in [6.45, 7) is 0. The first-order chi connectivity index (χ1) is 6.75. The van der Waals surface area contributed by atoms with E-state index in [1.165, 1.54) is 0 Å². The number of rotatable bonds is 2. The fourth-order valence-corrected chi connectivity index (χ4v) is 2.04. The van der Waals surface area contributed by atoms with Crippen molar-refractivity contribution >= 4 is 28.6 Å². The average Bonchev–Trinajstić information content (AvgIpc) is 2.93. The highest BCUT2D eigenvalue weighted by molar-refractivity contribution is 8.13. The molecule has 0 saturated heterocycles. The van der Waals surface area contributed by atoms with Gasteiger partial charge in [0, 0.05) is 10.9 Å². The molecule has 0 bridgehead atoms. The van der Waals surface area contributed by atoms with Gasteiger partial charge in [-0.15, -0.1) is 0 Å². The third-order valence-corrected chi connectivity index (χ3v) is 3.26. The Morgan fingerprint density at radius 3 is 2.79 bits per heavy atom. The number of halogens is 1. The molecule has 1 fully saturated rings. The summed E-state index contributed by atoms with van der Waals surface area (Å²) in [5.41, 5.74) is 0. The number of hydrogen-bond donors (Lipinski definition) is 1. The van der Waals surface area contributed by atoms with Gasteiger partial charge in [-0.25, -0.2) is 0 Å². The van der Waals surface area contributed by atoms with Crippen LogP contribution < -0.4 is 5.32 Å². The van der Waals surface area contributed by atoms with Gasteiger partial charge in [-0.1, -0.05) is 23.7 Å². The van der Waals surface area contributed by atoms with Crippen molar-refractivity contribution in [3.8, 4) is 0 Å². The van der Waals surface area contributed by atoms with E-state index in [9.17, 15) is 4.79 Å². The number of carbonyl (C=O) groups excluding carboxylic acids is 1. The van der Waals surface area contributed by atoms with Crippen molar-refractivity contribution in [2.45, 2.75) is 23.8 Å².